The van der Waals surface area contributed by atoms with Gasteiger partial charge in [-0.2, -0.15) is 8.78 Å². The predicted octanol–water partition coefficient (Wildman–Crippen LogP) is 18.1. The third-order valence-corrected chi connectivity index (χ3v) is 15.5. The number of carbonyl (C=O) groups excluding carboxylic acids is 2. The van der Waals surface area contributed by atoms with Crippen LogP contribution in [0.25, 0.3) is 22.3 Å². The molecule has 0 radical (unpaired) electrons. The van der Waals surface area contributed by atoms with Crippen molar-refractivity contribution in [3.63, 3.8) is 0 Å². The summed E-state index contributed by atoms with van der Waals surface area (Å²) >= 11 is 0. The summed E-state index contributed by atoms with van der Waals surface area (Å²) in [5.41, 5.74) is 5.20. The molecular weight excluding hydrogens is 953 g/mol. The monoisotopic (exact) mass is 1030 g/mol. The van der Waals surface area contributed by atoms with Crippen LogP contribution in [0.3, 0.4) is 0 Å². The molecule has 75 heavy (non-hydrogen) atoms. The number of hydrogen-bond acceptors (Lipinski definition) is 6. The van der Waals surface area contributed by atoms with Crippen molar-refractivity contribution in [1.82, 2.24) is 0 Å². The molecular formula is C65H78F4O6. The minimum atomic E-state index is -0.915. The molecule has 3 aliphatic carbocycles. The van der Waals surface area contributed by atoms with E-state index in [1.54, 1.807) is 70.2 Å². The zero-order valence-electron chi connectivity index (χ0n) is 45.1. The minimum absolute atomic E-state index is 0.0342. The normalized spacial score (nSPS) is 20.2. The summed E-state index contributed by atoms with van der Waals surface area (Å²) in [5.74, 6) is 1.37. The van der Waals surface area contributed by atoms with Gasteiger partial charge in [0, 0.05) is 16.7 Å². The molecule has 402 valence electrons. The first-order valence-electron chi connectivity index (χ1n) is 27.3. The van der Waals surface area contributed by atoms with Crippen molar-refractivity contribution < 1.29 is 46.1 Å². The molecule has 5 aromatic carbocycles. The molecule has 0 heterocycles. The van der Waals surface area contributed by atoms with Gasteiger partial charge in [-0.1, -0.05) is 114 Å². The van der Waals surface area contributed by atoms with Crippen molar-refractivity contribution in [2.75, 3.05) is 13.2 Å². The van der Waals surface area contributed by atoms with E-state index in [4.69, 9.17) is 18.9 Å². The maximum atomic E-state index is 14.4. The Morgan fingerprint density at radius 2 is 0.960 bits per heavy atom. The van der Waals surface area contributed by atoms with Gasteiger partial charge in [-0.15, -0.1) is 0 Å². The van der Waals surface area contributed by atoms with Crippen molar-refractivity contribution in [2.45, 2.75) is 144 Å². The Bertz CT molecular complexity index is 2570. The molecule has 3 saturated carbocycles. The van der Waals surface area contributed by atoms with Crippen molar-refractivity contribution >= 4 is 11.9 Å². The Balaban J connectivity index is 0.000000183. The molecule has 0 aromatic heterocycles. The van der Waals surface area contributed by atoms with Gasteiger partial charge < -0.3 is 18.9 Å². The molecule has 3 fully saturated rings. The number of carbonyl (C=O) groups is 2. The summed E-state index contributed by atoms with van der Waals surface area (Å²) in [7, 11) is 0. The SMILES string of the molecule is C=C(C)C(=O)Oc1ccc(-c2ccc(OC(=O)C(=C)C)cc2)cc1.CCCC1CCC(C2CCC(COc3ccc(C)c(F)c3F)CC2)CC1.CCOc1ccc(-c2ccc(C3CCC(CC)CC3)cc2)c(F)c1F. The number of rotatable bonds is 16. The Morgan fingerprint density at radius 3 is 1.44 bits per heavy atom. The van der Waals surface area contributed by atoms with Gasteiger partial charge in [0.15, 0.2) is 23.1 Å². The lowest BCUT2D eigenvalue weighted by molar-refractivity contribution is -0.130. The summed E-state index contributed by atoms with van der Waals surface area (Å²) < 4.78 is 77.0. The fraction of sp³-hybridized carbons (Fsp3) is 0.446. The number of hydrogen-bond donors (Lipinski definition) is 0. The maximum Gasteiger partial charge on any atom is 0.338 e. The second kappa shape index (κ2) is 28.7. The summed E-state index contributed by atoms with van der Waals surface area (Å²) in [6, 6.07) is 28.4. The first kappa shape index (κ1) is 58.1. The first-order chi connectivity index (χ1) is 36.1. The molecule has 0 aliphatic heterocycles. The van der Waals surface area contributed by atoms with Crippen LogP contribution in [-0.4, -0.2) is 25.2 Å². The van der Waals surface area contributed by atoms with Crippen LogP contribution in [-0.2, 0) is 9.59 Å². The number of aryl methyl sites for hydroxylation is 1. The van der Waals surface area contributed by atoms with Crippen molar-refractivity contribution in [3.05, 3.63) is 156 Å². The van der Waals surface area contributed by atoms with E-state index in [1.165, 1.54) is 95.1 Å². The van der Waals surface area contributed by atoms with Crippen LogP contribution in [0.5, 0.6) is 23.0 Å². The summed E-state index contributed by atoms with van der Waals surface area (Å²) in [4.78, 5) is 22.9. The lowest BCUT2D eigenvalue weighted by Crippen LogP contribution is -2.27. The molecule has 0 saturated heterocycles. The topological polar surface area (TPSA) is 71.1 Å². The highest BCUT2D eigenvalue weighted by molar-refractivity contribution is 5.89. The van der Waals surface area contributed by atoms with E-state index < -0.39 is 35.2 Å². The van der Waals surface area contributed by atoms with Crippen LogP contribution in [0.15, 0.2) is 121 Å². The number of benzene rings is 5. The van der Waals surface area contributed by atoms with Crippen molar-refractivity contribution in [1.29, 1.82) is 0 Å². The van der Waals surface area contributed by atoms with E-state index in [1.807, 2.05) is 36.4 Å². The van der Waals surface area contributed by atoms with E-state index in [2.05, 4.69) is 39.1 Å². The summed E-state index contributed by atoms with van der Waals surface area (Å²) in [6.45, 7) is 19.0. The fourth-order valence-electron chi connectivity index (χ4n) is 10.8. The largest absolute Gasteiger partial charge is 0.491 e. The Morgan fingerprint density at radius 1 is 0.507 bits per heavy atom. The fourth-order valence-corrected chi connectivity index (χ4v) is 10.8. The first-order valence-corrected chi connectivity index (χ1v) is 27.3. The third-order valence-electron chi connectivity index (χ3n) is 15.5. The number of esters is 2. The van der Waals surface area contributed by atoms with E-state index >= 15 is 0 Å². The second-order valence-electron chi connectivity index (χ2n) is 21.0. The van der Waals surface area contributed by atoms with Gasteiger partial charge in [0.05, 0.1) is 13.2 Å². The molecule has 0 N–H and O–H groups in total. The zero-order chi connectivity index (χ0) is 54.0. The summed E-state index contributed by atoms with van der Waals surface area (Å²) in [5, 5.41) is 0. The zero-order valence-corrected chi connectivity index (χ0v) is 45.1. The van der Waals surface area contributed by atoms with Crippen LogP contribution in [0, 0.1) is 59.8 Å². The summed E-state index contributed by atoms with van der Waals surface area (Å²) in [6.07, 6.45) is 19.6. The molecule has 0 amide bonds. The predicted molar refractivity (Wildman–Crippen MR) is 293 cm³/mol. The van der Waals surface area contributed by atoms with E-state index in [0.29, 0.717) is 58.8 Å². The molecule has 0 atom stereocenters. The Labute approximate surface area is 443 Å². The van der Waals surface area contributed by atoms with Crippen LogP contribution in [0.2, 0.25) is 0 Å². The minimum Gasteiger partial charge on any atom is -0.491 e. The quantitative estimate of drug-likeness (QED) is 0.0424. The lowest BCUT2D eigenvalue weighted by atomic mass is 9.69. The number of halogens is 4. The highest BCUT2D eigenvalue weighted by Gasteiger charge is 2.31. The molecule has 0 unspecified atom stereocenters. The molecule has 6 nitrogen and oxygen atoms in total. The van der Waals surface area contributed by atoms with Gasteiger partial charge in [0.2, 0.25) is 11.6 Å². The van der Waals surface area contributed by atoms with Gasteiger partial charge in [0.1, 0.15) is 11.5 Å². The average molecular weight is 1030 g/mol. The van der Waals surface area contributed by atoms with Crippen LogP contribution in [0.4, 0.5) is 17.6 Å². The molecule has 0 bridgehead atoms. The van der Waals surface area contributed by atoms with Crippen molar-refractivity contribution in [2.24, 2.45) is 29.6 Å². The van der Waals surface area contributed by atoms with Crippen LogP contribution < -0.4 is 18.9 Å². The Kier molecular flexibility index (Phi) is 22.2. The molecule has 8 rings (SSSR count). The molecule has 5 aromatic rings. The Hall–Kier alpha value is -6.16. The third kappa shape index (κ3) is 16.7. The van der Waals surface area contributed by atoms with E-state index in [-0.39, 0.29) is 17.1 Å². The highest BCUT2D eigenvalue weighted by Crippen LogP contribution is 2.43. The van der Waals surface area contributed by atoms with Gasteiger partial charge >= 0.3 is 11.9 Å². The van der Waals surface area contributed by atoms with Crippen LogP contribution >= 0.6 is 0 Å². The maximum absolute atomic E-state index is 14.4. The molecule has 3 aliphatic rings. The van der Waals surface area contributed by atoms with Gasteiger partial charge in [-0.25, -0.2) is 18.4 Å². The molecule has 0 spiro atoms. The second-order valence-corrected chi connectivity index (χ2v) is 21.0. The standard InChI is InChI=1S/C23H34F2O.C22H26F2O.C20H18O4/c1-3-4-17-6-10-19(11-7-17)20-12-8-18(9-13-20)15-26-21-14-5-16(2)22(24)23(21)25;1-3-15-5-7-16(8-6-15)17-9-11-18(12-10-17)19-13-14-20(25-4-2)22(24)21(19)23;1-13(2)19(21)23-17-9-5-15(6-10-17)16-7-11-18(12-8-16)24-20(22)14(3)4/h5,14,17-20H,3-4,6-13,15H2,1-2H3;9-16H,3-8H2,1-2H3;5-12H,1,3H2,2,4H3. The van der Waals surface area contributed by atoms with Gasteiger partial charge in [0.25, 0.3) is 0 Å². The van der Waals surface area contributed by atoms with Crippen LogP contribution in [0.1, 0.15) is 148 Å². The average Bonchev–Trinajstić information content (AvgIpc) is 3.43. The highest BCUT2D eigenvalue weighted by atomic mass is 19.2. The lowest BCUT2D eigenvalue weighted by Gasteiger charge is -2.37. The van der Waals surface area contributed by atoms with Gasteiger partial charge in [-0.05, 0) is 198 Å². The van der Waals surface area contributed by atoms with Gasteiger partial charge in [-0.3, -0.25) is 0 Å². The number of ether oxygens (including phenoxy) is 4. The molecule has 10 heteroatoms. The van der Waals surface area contributed by atoms with E-state index in [0.717, 1.165) is 47.6 Å². The van der Waals surface area contributed by atoms with Crippen molar-refractivity contribution in [3.8, 4) is 45.3 Å². The van der Waals surface area contributed by atoms with E-state index in [9.17, 15) is 27.2 Å². The smallest absolute Gasteiger partial charge is 0.338 e.